The maximum Gasteiger partial charge on any atom is 0.0587 e. The van der Waals surface area contributed by atoms with E-state index in [-0.39, 0.29) is 19.3 Å². The van der Waals surface area contributed by atoms with Gasteiger partial charge in [-0.1, -0.05) is 82.7 Å². The Morgan fingerprint density at radius 2 is 1.58 bits per heavy atom. The zero-order chi connectivity index (χ0) is 17.6. The highest BCUT2D eigenvalue weighted by molar-refractivity contribution is 5.14. The number of aliphatic hydroxyl groups excluding tert-OH is 2. The standard InChI is InChI=1S/C21H37NO2/c1-3-9-19(10-4-2)13-8-14-21(18-24)22(15-16-23)17-20-11-6-5-7-12-20/h5-7,11-12,19,21,23-24H,3-4,8-10,13-18H2,1-2H3. The SMILES string of the molecule is CCCC(CCC)CCCC(CO)N(CCO)Cc1ccccc1. The normalized spacial score (nSPS) is 12.9. The molecule has 1 unspecified atom stereocenters. The first-order valence-electron chi connectivity index (χ1n) is 9.74. The molecule has 1 aromatic carbocycles. The van der Waals surface area contributed by atoms with Crippen molar-refractivity contribution in [1.29, 1.82) is 0 Å². The maximum atomic E-state index is 9.85. The van der Waals surface area contributed by atoms with Crippen LogP contribution < -0.4 is 0 Å². The average Bonchev–Trinajstić information content (AvgIpc) is 2.60. The van der Waals surface area contributed by atoms with Crippen LogP contribution in [0.3, 0.4) is 0 Å². The van der Waals surface area contributed by atoms with E-state index in [9.17, 15) is 10.2 Å². The molecule has 0 heterocycles. The summed E-state index contributed by atoms with van der Waals surface area (Å²) in [5, 5.41) is 19.2. The third-order valence-electron chi connectivity index (χ3n) is 4.89. The van der Waals surface area contributed by atoms with Crippen molar-refractivity contribution in [3.05, 3.63) is 35.9 Å². The molecule has 0 spiro atoms. The molecule has 0 fully saturated rings. The summed E-state index contributed by atoms with van der Waals surface area (Å²) in [4.78, 5) is 2.23. The molecule has 0 amide bonds. The van der Waals surface area contributed by atoms with E-state index in [1.165, 1.54) is 37.7 Å². The van der Waals surface area contributed by atoms with Crippen molar-refractivity contribution in [1.82, 2.24) is 4.90 Å². The molecule has 0 aliphatic carbocycles. The summed E-state index contributed by atoms with van der Waals surface area (Å²) in [5.74, 6) is 0.833. The van der Waals surface area contributed by atoms with E-state index in [1.54, 1.807) is 0 Å². The van der Waals surface area contributed by atoms with Gasteiger partial charge in [0.25, 0.3) is 0 Å². The van der Waals surface area contributed by atoms with Crippen LogP contribution >= 0.6 is 0 Å². The van der Waals surface area contributed by atoms with Crippen LogP contribution in [0.5, 0.6) is 0 Å². The van der Waals surface area contributed by atoms with Gasteiger partial charge < -0.3 is 10.2 Å². The van der Waals surface area contributed by atoms with Crippen LogP contribution in [0, 0.1) is 5.92 Å². The summed E-state index contributed by atoms with van der Waals surface area (Å²) in [6, 6.07) is 10.5. The number of nitrogens with zero attached hydrogens (tertiary/aromatic N) is 1. The van der Waals surface area contributed by atoms with Crippen molar-refractivity contribution < 1.29 is 10.2 Å². The highest BCUT2D eigenvalue weighted by Gasteiger charge is 2.18. The van der Waals surface area contributed by atoms with Crippen molar-refractivity contribution in [2.45, 2.75) is 71.4 Å². The number of rotatable bonds is 14. The summed E-state index contributed by atoms with van der Waals surface area (Å²) >= 11 is 0. The van der Waals surface area contributed by atoms with E-state index in [0.29, 0.717) is 6.54 Å². The van der Waals surface area contributed by atoms with Gasteiger partial charge in [-0.25, -0.2) is 0 Å². The molecule has 0 saturated heterocycles. The van der Waals surface area contributed by atoms with E-state index >= 15 is 0 Å². The highest BCUT2D eigenvalue weighted by Crippen LogP contribution is 2.22. The molecule has 0 aliphatic rings. The lowest BCUT2D eigenvalue weighted by Gasteiger charge is -2.30. The lowest BCUT2D eigenvalue weighted by molar-refractivity contribution is 0.0874. The van der Waals surface area contributed by atoms with E-state index in [4.69, 9.17) is 0 Å². The van der Waals surface area contributed by atoms with Crippen molar-refractivity contribution in [3.8, 4) is 0 Å². The van der Waals surface area contributed by atoms with Gasteiger partial charge in [0.15, 0.2) is 0 Å². The summed E-state index contributed by atoms with van der Waals surface area (Å²) < 4.78 is 0. The lowest BCUT2D eigenvalue weighted by Crippen LogP contribution is -2.39. The Hall–Kier alpha value is -0.900. The number of hydrogen-bond donors (Lipinski definition) is 2. The van der Waals surface area contributed by atoms with Gasteiger partial charge in [0, 0.05) is 19.1 Å². The largest absolute Gasteiger partial charge is 0.395 e. The van der Waals surface area contributed by atoms with Crippen molar-refractivity contribution >= 4 is 0 Å². The summed E-state index contributed by atoms with van der Waals surface area (Å²) in [7, 11) is 0. The maximum absolute atomic E-state index is 9.85. The van der Waals surface area contributed by atoms with E-state index < -0.39 is 0 Å². The summed E-state index contributed by atoms with van der Waals surface area (Å²) in [5.41, 5.74) is 1.24. The van der Waals surface area contributed by atoms with E-state index in [0.717, 1.165) is 25.3 Å². The summed E-state index contributed by atoms with van der Waals surface area (Å²) in [6.07, 6.45) is 8.60. The first-order chi connectivity index (χ1) is 11.7. The average molecular weight is 336 g/mol. The number of hydrogen-bond acceptors (Lipinski definition) is 3. The van der Waals surface area contributed by atoms with Gasteiger partial charge in [-0.05, 0) is 17.9 Å². The topological polar surface area (TPSA) is 43.7 Å². The molecule has 1 atom stereocenters. The molecule has 3 heteroatoms. The molecule has 0 saturated carbocycles. The van der Waals surface area contributed by atoms with Gasteiger partial charge in [0.1, 0.15) is 0 Å². The smallest absolute Gasteiger partial charge is 0.0587 e. The Morgan fingerprint density at radius 3 is 2.12 bits per heavy atom. The quantitative estimate of drug-likeness (QED) is 0.535. The van der Waals surface area contributed by atoms with Gasteiger partial charge >= 0.3 is 0 Å². The number of benzene rings is 1. The molecule has 0 bridgehead atoms. The Bertz CT molecular complexity index is 390. The highest BCUT2D eigenvalue weighted by atomic mass is 16.3. The van der Waals surface area contributed by atoms with Crippen molar-refractivity contribution in [3.63, 3.8) is 0 Å². The molecule has 1 aromatic rings. The van der Waals surface area contributed by atoms with Gasteiger partial charge in [-0.15, -0.1) is 0 Å². The predicted octanol–water partition coefficient (Wildman–Crippen LogP) is 4.23. The van der Waals surface area contributed by atoms with Gasteiger partial charge in [-0.2, -0.15) is 0 Å². The van der Waals surface area contributed by atoms with Crippen LogP contribution in [0.1, 0.15) is 64.4 Å². The fourth-order valence-electron chi connectivity index (χ4n) is 3.62. The van der Waals surface area contributed by atoms with E-state index in [1.807, 2.05) is 18.2 Å². The van der Waals surface area contributed by atoms with Crippen LogP contribution in [-0.4, -0.2) is 40.9 Å². The van der Waals surface area contributed by atoms with Crippen molar-refractivity contribution in [2.75, 3.05) is 19.8 Å². The second-order valence-corrected chi connectivity index (χ2v) is 6.89. The van der Waals surface area contributed by atoms with Gasteiger partial charge in [0.05, 0.1) is 13.2 Å². The van der Waals surface area contributed by atoms with Crippen LogP contribution in [0.25, 0.3) is 0 Å². The van der Waals surface area contributed by atoms with E-state index in [2.05, 4.69) is 30.9 Å². The van der Waals surface area contributed by atoms with Gasteiger partial charge in [-0.3, -0.25) is 4.90 Å². The Balaban J connectivity index is 2.53. The Morgan fingerprint density at radius 1 is 0.917 bits per heavy atom. The van der Waals surface area contributed by atoms with Crippen LogP contribution in [0.15, 0.2) is 30.3 Å². The van der Waals surface area contributed by atoms with Crippen LogP contribution in [-0.2, 0) is 6.54 Å². The minimum absolute atomic E-state index is 0.137. The minimum Gasteiger partial charge on any atom is -0.395 e. The fraction of sp³-hybridized carbons (Fsp3) is 0.714. The zero-order valence-electron chi connectivity index (χ0n) is 15.7. The second kappa shape index (κ2) is 13.4. The molecule has 2 N–H and O–H groups in total. The van der Waals surface area contributed by atoms with Gasteiger partial charge in [0.2, 0.25) is 0 Å². The Kier molecular flexibility index (Phi) is 11.8. The van der Waals surface area contributed by atoms with Crippen molar-refractivity contribution in [2.24, 2.45) is 5.92 Å². The zero-order valence-corrected chi connectivity index (χ0v) is 15.7. The molecule has 0 aromatic heterocycles. The molecule has 0 radical (unpaired) electrons. The molecule has 1 rings (SSSR count). The molecular weight excluding hydrogens is 298 g/mol. The predicted molar refractivity (Wildman–Crippen MR) is 102 cm³/mol. The minimum atomic E-state index is 0.137. The monoisotopic (exact) mass is 335 g/mol. The van der Waals surface area contributed by atoms with Crippen LogP contribution in [0.2, 0.25) is 0 Å². The summed E-state index contributed by atoms with van der Waals surface area (Å²) in [6.45, 7) is 6.24. The molecule has 3 nitrogen and oxygen atoms in total. The molecule has 0 aliphatic heterocycles. The molecule has 24 heavy (non-hydrogen) atoms. The first kappa shape index (κ1) is 21.1. The van der Waals surface area contributed by atoms with Crippen LogP contribution in [0.4, 0.5) is 0 Å². The third kappa shape index (κ3) is 8.27. The fourth-order valence-corrected chi connectivity index (χ4v) is 3.62. The first-order valence-corrected chi connectivity index (χ1v) is 9.74. The Labute approximate surface area is 148 Å². The molecule has 138 valence electrons. The third-order valence-corrected chi connectivity index (χ3v) is 4.89. The second-order valence-electron chi connectivity index (χ2n) is 6.89. The molecular formula is C21H37NO2. The number of aliphatic hydroxyl groups is 2. The lowest BCUT2D eigenvalue weighted by atomic mass is 9.91.